The quantitative estimate of drug-likeness (QED) is 0.637. The second-order valence-electron chi connectivity index (χ2n) is 2.22. The number of halogens is 2. The summed E-state index contributed by atoms with van der Waals surface area (Å²) in [6, 6.07) is 5.36. The van der Waals surface area contributed by atoms with Gasteiger partial charge in [-0.3, -0.25) is 0 Å². The van der Waals surface area contributed by atoms with E-state index in [1.54, 1.807) is 12.1 Å². The Morgan fingerprint density at radius 1 is 1.15 bits per heavy atom. The molecule has 0 aliphatic heterocycles. The van der Waals surface area contributed by atoms with Gasteiger partial charge in [0.2, 0.25) is 0 Å². The third kappa shape index (κ3) is 3.26. The van der Waals surface area contributed by atoms with E-state index in [2.05, 4.69) is 0 Å². The van der Waals surface area contributed by atoms with Crippen LogP contribution >= 0.6 is 23.2 Å². The highest BCUT2D eigenvalue weighted by atomic mass is 35.5. The average molecular weight is 216 g/mol. The number of hydrogen-bond acceptors (Lipinski definition) is 1. The number of hydrogen-bond donors (Lipinski definition) is 0. The van der Waals surface area contributed by atoms with Gasteiger partial charge in [0.25, 0.3) is 0 Å². The van der Waals surface area contributed by atoms with Crippen LogP contribution in [0.3, 0.4) is 0 Å². The van der Waals surface area contributed by atoms with E-state index in [-0.39, 0.29) is 0 Å². The van der Waals surface area contributed by atoms with Crippen LogP contribution in [0, 0.1) is 18.3 Å². The Bertz CT molecular complexity index is 303. The summed E-state index contributed by atoms with van der Waals surface area (Å²) in [6.07, 6.45) is 0. The summed E-state index contributed by atoms with van der Waals surface area (Å²) in [5.41, 5.74) is 1.30. The smallest absolute Gasteiger partial charge is 0.102 e. The molecule has 0 fully saturated rings. The van der Waals surface area contributed by atoms with E-state index in [4.69, 9.17) is 28.5 Å². The lowest BCUT2D eigenvalue weighted by molar-refractivity contribution is 1.43. The lowest BCUT2D eigenvalue weighted by Crippen LogP contribution is -1.81. The molecule has 70 valence electrons. The standard InChI is InChI=1S/C8H5Cl2N.C2H6/c1-5-2-7(9)6(4-11)8(10)3-5;1-2/h2-3H,1H3;1-2H3. The zero-order valence-electron chi connectivity index (χ0n) is 7.86. The molecular weight excluding hydrogens is 205 g/mol. The third-order valence-electron chi connectivity index (χ3n) is 1.30. The van der Waals surface area contributed by atoms with Crippen LogP contribution in [0.1, 0.15) is 25.0 Å². The summed E-state index contributed by atoms with van der Waals surface area (Å²) in [5, 5.41) is 9.40. The van der Waals surface area contributed by atoms with Gasteiger partial charge in [-0.15, -0.1) is 0 Å². The minimum atomic E-state index is 0.346. The molecule has 0 spiro atoms. The second kappa shape index (κ2) is 5.85. The van der Waals surface area contributed by atoms with Crippen LogP contribution in [0.25, 0.3) is 0 Å². The summed E-state index contributed by atoms with van der Waals surface area (Å²) in [6.45, 7) is 5.87. The zero-order valence-corrected chi connectivity index (χ0v) is 9.37. The van der Waals surface area contributed by atoms with Gasteiger partial charge in [0.15, 0.2) is 0 Å². The molecule has 0 aliphatic rings. The van der Waals surface area contributed by atoms with E-state index >= 15 is 0 Å². The van der Waals surface area contributed by atoms with Gasteiger partial charge in [0.05, 0.1) is 15.6 Å². The van der Waals surface area contributed by atoms with Gasteiger partial charge < -0.3 is 0 Å². The van der Waals surface area contributed by atoms with E-state index in [9.17, 15) is 0 Å². The molecule has 13 heavy (non-hydrogen) atoms. The number of benzene rings is 1. The van der Waals surface area contributed by atoms with Gasteiger partial charge in [-0.2, -0.15) is 5.26 Å². The van der Waals surface area contributed by atoms with Crippen LogP contribution in [0.2, 0.25) is 10.0 Å². The minimum Gasteiger partial charge on any atom is -0.192 e. The highest BCUT2D eigenvalue weighted by Crippen LogP contribution is 2.24. The van der Waals surface area contributed by atoms with E-state index < -0.39 is 0 Å². The number of aryl methyl sites for hydroxylation is 1. The maximum Gasteiger partial charge on any atom is 0.102 e. The number of nitrogens with zero attached hydrogens (tertiary/aromatic N) is 1. The minimum absolute atomic E-state index is 0.346. The van der Waals surface area contributed by atoms with Crippen LogP contribution in [-0.4, -0.2) is 0 Å². The molecule has 0 atom stereocenters. The van der Waals surface area contributed by atoms with E-state index in [1.807, 2.05) is 26.8 Å². The Balaban J connectivity index is 0.000000671. The number of nitriles is 1. The largest absolute Gasteiger partial charge is 0.192 e. The van der Waals surface area contributed by atoms with Crippen LogP contribution in [0.15, 0.2) is 12.1 Å². The molecule has 0 aliphatic carbocycles. The average Bonchev–Trinajstić information content (AvgIpc) is 2.07. The van der Waals surface area contributed by atoms with Gasteiger partial charge in [-0.25, -0.2) is 0 Å². The van der Waals surface area contributed by atoms with Crippen molar-refractivity contribution in [1.82, 2.24) is 0 Å². The van der Waals surface area contributed by atoms with E-state index in [0.29, 0.717) is 15.6 Å². The molecule has 0 unspecified atom stereocenters. The van der Waals surface area contributed by atoms with E-state index in [0.717, 1.165) is 5.56 Å². The Morgan fingerprint density at radius 3 is 1.85 bits per heavy atom. The van der Waals surface area contributed by atoms with Crippen molar-refractivity contribution in [2.24, 2.45) is 0 Å². The zero-order chi connectivity index (χ0) is 10.4. The first-order valence-electron chi connectivity index (χ1n) is 4.01. The summed E-state index contributed by atoms with van der Waals surface area (Å²) in [4.78, 5) is 0. The molecule has 1 aromatic carbocycles. The van der Waals surface area contributed by atoms with Crippen molar-refractivity contribution in [3.63, 3.8) is 0 Å². The lowest BCUT2D eigenvalue weighted by Gasteiger charge is -1.98. The molecule has 0 amide bonds. The van der Waals surface area contributed by atoms with Crippen LogP contribution in [0.4, 0.5) is 0 Å². The maximum atomic E-state index is 8.57. The molecule has 0 N–H and O–H groups in total. The second-order valence-corrected chi connectivity index (χ2v) is 3.03. The molecule has 1 aromatic rings. The summed E-state index contributed by atoms with van der Waals surface area (Å²) in [7, 11) is 0. The number of rotatable bonds is 0. The molecular formula is C10H11Cl2N. The summed E-state index contributed by atoms with van der Waals surface area (Å²) >= 11 is 11.5. The fraction of sp³-hybridized carbons (Fsp3) is 0.300. The maximum absolute atomic E-state index is 8.57. The molecule has 0 radical (unpaired) electrons. The SMILES string of the molecule is CC.Cc1cc(Cl)c(C#N)c(Cl)c1. The topological polar surface area (TPSA) is 23.8 Å². The predicted molar refractivity (Wildman–Crippen MR) is 57.3 cm³/mol. The van der Waals surface area contributed by atoms with Crippen molar-refractivity contribution in [2.45, 2.75) is 20.8 Å². The molecule has 0 saturated heterocycles. The molecule has 3 heteroatoms. The molecule has 0 saturated carbocycles. The Labute approximate surface area is 88.9 Å². The van der Waals surface area contributed by atoms with Crippen molar-refractivity contribution in [3.05, 3.63) is 33.3 Å². The van der Waals surface area contributed by atoms with Crippen LogP contribution in [0.5, 0.6) is 0 Å². The van der Waals surface area contributed by atoms with Gasteiger partial charge in [-0.05, 0) is 24.6 Å². The Hall–Kier alpha value is -0.710. The molecule has 1 rings (SSSR count). The van der Waals surface area contributed by atoms with Gasteiger partial charge in [0, 0.05) is 0 Å². The van der Waals surface area contributed by atoms with Crippen molar-refractivity contribution >= 4 is 23.2 Å². The first-order valence-corrected chi connectivity index (χ1v) is 4.76. The first-order chi connectivity index (χ1) is 6.15. The molecule has 0 heterocycles. The van der Waals surface area contributed by atoms with Gasteiger partial charge in [0.1, 0.15) is 6.07 Å². The molecule has 1 nitrogen and oxygen atoms in total. The highest BCUT2D eigenvalue weighted by Gasteiger charge is 2.04. The van der Waals surface area contributed by atoms with Crippen LogP contribution < -0.4 is 0 Å². The fourth-order valence-electron chi connectivity index (χ4n) is 0.807. The summed E-state index contributed by atoms with van der Waals surface area (Å²) < 4.78 is 0. The Kier molecular flexibility index (Phi) is 5.53. The highest BCUT2D eigenvalue weighted by molar-refractivity contribution is 6.36. The summed E-state index contributed by atoms with van der Waals surface area (Å²) in [5.74, 6) is 0. The lowest BCUT2D eigenvalue weighted by atomic mass is 10.2. The van der Waals surface area contributed by atoms with Crippen molar-refractivity contribution in [1.29, 1.82) is 5.26 Å². The van der Waals surface area contributed by atoms with Crippen molar-refractivity contribution in [2.75, 3.05) is 0 Å². The van der Waals surface area contributed by atoms with Crippen LogP contribution in [-0.2, 0) is 0 Å². The fourth-order valence-corrected chi connectivity index (χ4v) is 1.49. The Morgan fingerprint density at radius 2 is 1.54 bits per heavy atom. The van der Waals surface area contributed by atoms with Crippen molar-refractivity contribution < 1.29 is 0 Å². The van der Waals surface area contributed by atoms with Gasteiger partial charge in [-0.1, -0.05) is 37.0 Å². The molecule has 0 bridgehead atoms. The van der Waals surface area contributed by atoms with Gasteiger partial charge >= 0.3 is 0 Å². The predicted octanol–water partition coefficient (Wildman–Crippen LogP) is 4.20. The van der Waals surface area contributed by atoms with E-state index in [1.165, 1.54) is 0 Å². The third-order valence-corrected chi connectivity index (χ3v) is 1.89. The normalized spacial score (nSPS) is 8.31. The monoisotopic (exact) mass is 215 g/mol. The first kappa shape index (κ1) is 12.3. The molecule has 0 aromatic heterocycles. The van der Waals surface area contributed by atoms with Crippen molar-refractivity contribution in [3.8, 4) is 6.07 Å².